The first kappa shape index (κ1) is 15.4. The summed E-state index contributed by atoms with van der Waals surface area (Å²) in [4.78, 5) is 0. The molecule has 0 saturated carbocycles. The molecule has 2 aromatic carbocycles. The van der Waals surface area contributed by atoms with E-state index in [2.05, 4.69) is 50.4 Å². The highest BCUT2D eigenvalue weighted by Gasteiger charge is 2.12. The molecular weight excluding hydrogens is 265 g/mol. The quantitative estimate of drug-likeness (QED) is 0.876. The minimum absolute atomic E-state index is 0.159. The first-order valence-electron chi connectivity index (χ1n) is 7.07. The molecule has 21 heavy (non-hydrogen) atoms. The molecule has 0 radical (unpaired) electrons. The first-order chi connectivity index (χ1) is 9.90. The van der Waals surface area contributed by atoms with Crippen molar-refractivity contribution in [2.24, 2.45) is 0 Å². The largest absolute Gasteiger partial charge is 0.494 e. The number of anilines is 1. The zero-order valence-electron chi connectivity index (χ0n) is 13.0. The molecule has 0 unspecified atom stereocenters. The number of hydrogen-bond donors (Lipinski definition) is 1. The van der Waals surface area contributed by atoms with E-state index in [9.17, 15) is 4.39 Å². The van der Waals surface area contributed by atoms with E-state index in [1.807, 2.05) is 0 Å². The lowest BCUT2D eigenvalue weighted by Gasteiger charge is -2.19. The van der Waals surface area contributed by atoms with Crippen molar-refractivity contribution in [3.8, 4) is 5.75 Å². The lowest BCUT2D eigenvalue weighted by molar-refractivity contribution is 0.413. The van der Waals surface area contributed by atoms with E-state index in [0.717, 1.165) is 5.69 Å². The van der Waals surface area contributed by atoms with Gasteiger partial charge in [-0.05, 0) is 28.7 Å². The third kappa shape index (κ3) is 3.97. The van der Waals surface area contributed by atoms with Crippen LogP contribution in [0, 0.1) is 5.82 Å². The van der Waals surface area contributed by atoms with Gasteiger partial charge in [-0.2, -0.15) is 0 Å². The fourth-order valence-corrected chi connectivity index (χ4v) is 2.13. The van der Waals surface area contributed by atoms with E-state index < -0.39 is 0 Å². The Morgan fingerprint density at radius 3 is 2.29 bits per heavy atom. The summed E-state index contributed by atoms with van der Waals surface area (Å²) in [5, 5.41) is 3.27. The monoisotopic (exact) mass is 287 g/mol. The van der Waals surface area contributed by atoms with Crippen LogP contribution in [0.4, 0.5) is 10.1 Å². The Balaban J connectivity index is 2.07. The van der Waals surface area contributed by atoms with Crippen LogP contribution in [0.15, 0.2) is 42.5 Å². The number of nitrogens with one attached hydrogen (secondary N) is 1. The number of methoxy groups -OCH3 is 1. The van der Waals surface area contributed by atoms with E-state index in [4.69, 9.17) is 4.74 Å². The summed E-state index contributed by atoms with van der Waals surface area (Å²) in [5.74, 6) is 0.216. The number of hydrogen-bond acceptors (Lipinski definition) is 2. The molecule has 0 aromatic heterocycles. The molecule has 0 amide bonds. The molecule has 2 rings (SSSR count). The fourth-order valence-electron chi connectivity index (χ4n) is 2.13. The predicted octanol–water partition coefficient (Wildman–Crippen LogP) is 4.74. The van der Waals surface area contributed by atoms with Gasteiger partial charge in [0.05, 0.1) is 12.8 Å². The lowest BCUT2D eigenvalue weighted by Crippen LogP contribution is -2.11. The van der Waals surface area contributed by atoms with E-state index in [0.29, 0.717) is 12.3 Å². The second kappa shape index (κ2) is 6.17. The van der Waals surface area contributed by atoms with Crippen molar-refractivity contribution in [2.75, 3.05) is 12.4 Å². The molecule has 0 aliphatic rings. The number of benzene rings is 2. The molecule has 0 atom stereocenters. The Morgan fingerprint density at radius 1 is 1.05 bits per heavy atom. The summed E-state index contributed by atoms with van der Waals surface area (Å²) in [5.41, 5.74) is 3.44. The van der Waals surface area contributed by atoms with E-state index in [1.54, 1.807) is 6.07 Å². The molecule has 1 N–H and O–H groups in total. The highest BCUT2D eigenvalue weighted by Crippen LogP contribution is 2.26. The van der Waals surface area contributed by atoms with Crippen LogP contribution in [0.1, 0.15) is 31.9 Å². The molecule has 112 valence electrons. The van der Waals surface area contributed by atoms with Gasteiger partial charge in [-0.25, -0.2) is 4.39 Å². The van der Waals surface area contributed by atoms with Crippen LogP contribution < -0.4 is 10.1 Å². The van der Waals surface area contributed by atoms with Crippen LogP contribution in [0.2, 0.25) is 0 Å². The molecule has 0 heterocycles. The zero-order valence-corrected chi connectivity index (χ0v) is 13.0. The Labute approximate surface area is 126 Å². The standard InChI is InChI=1S/C18H22FNO/c1-18(2,3)14-7-5-13(6-8-14)12-20-16-10-9-15(19)11-17(16)21-4/h5-11,20H,12H2,1-4H3. The van der Waals surface area contributed by atoms with E-state index in [-0.39, 0.29) is 11.2 Å². The van der Waals surface area contributed by atoms with Gasteiger partial charge < -0.3 is 10.1 Å². The normalized spacial score (nSPS) is 11.3. The number of ether oxygens (including phenoxy) is 1. The Morgan fingerprint density at radius 2 is 1.71 bits per heavy atom. The Hall–Kier alpha value is -2.03. The summed E-state index contributed by atoms with van der Waals surface area (Å²) in [6.07, 6.45) is 0. The highest BCUT2D eigenvalue weighted by atomic mass is 19.1. The van der Waals surface area contributed by atoms with E-state index >= 15 is 0 Å². The number of halogens is 1. The average molecular weight is 287 g/mol. The van der Waals surface area contributed by atoms with Crippen LogP contribution in [0.5, 0.6) is 5.75 Å². The summed E-state index contributed by atoms with van der Waals surface area (Å²) >= 11 is 0. The highest BCUT2D eigenvalue weighted by molar-refractivity contribution is 5.56. The van der Waals surface area contributed by atoms with Gasteiger partial charge in [0.1, 0.15) is 11.6 Å². The minimum atomic E-state index is -0.299. The third-order valence-corrected chi connectivity index (χ3v) is 3.47. The second-order valence-electron chi connectivity index (χ2n) is 6.15. The SMILES string of the molecule is COc1cc(F)ccc1NCc1ccc(C(C)(C)C)cc1. The van der Waals surface area contributed by atoms with Crippen LogP contribution in [0.25, 0.3) is 0 Å². The number of rotatable bonds is 4. The van der Waals surface area contributed by atoms with Gasteiger partial charge in [0.15, 0.2) is 0 Å². The summed E-state index contributed by atoms with van der Waals surface area (Å²) in [6.45, 7) is 7.27. The maximum absolute atomic E-state index is 13.1. The smallest absolute Gasteiger partial charge is 0.144 e. The second-order valence-corrected chi connectivity index (χ2v) is 6.15. The van der Waals surface area contributed by atoms with E-state index in [1.165, 1.54) is 30.4 Å². The van der Waals surface area contributed by atoms with Crippen molar-refractivity contribution in [3.05, 3.63) is 59.4 Å². The van der Waals surface area contributed by atoms with Crippen LogP contribution in [-0.2, 0) is 12.0 Å². The summed E-state index contributed by atoms with van der Waals surface area (Å²) in [6, 6.07) is 13.0. The summed E-state index contributed by atoms with van der Waals surface area (Å²) in [7, 11) is 1.54. The molecule has 0 bridgehead atoms. The van der Waals surface area contributed by atoms with Crippen molar-refractivity contribution in [2.45, 2.75) is 32.7 Å². The molecule has 0 fully saturated rings. The van der Waals surface area contributed by atoms with Gasteiger partial charge in [0, 0.05) is 12.6 Å². The van der Waals surface area contributed by atoms with Gasteiger partial charge in [-0.3, -0.25) is 0 Å². The predicted molar refractivity (Wildman–Crippen MR) is 85.4 cm³/mol. The molecule has 0 spiro atoms. The first-order valence-corrected chi connectivity index (χ1v) is 7.07. The van der Waals surface area contributed by atoms with Gasteiger partial charge in [0.2, 0.25) is 0 Å². The molecular formula is C18H22FNO. The summed E-state index contributed by atoms with van der Waals surface area (Å²) < 4.78 is 18.3. The van der Waals surface area contributed by atoms with Crippen LogP contribution >= 0.6 is 0 Å². The van der Waals surface area contributed by atoms with Crippen molar-refractivity contribution < 1.29 is 9.13 Å². The third-order valence-electron chi connectivity index (χ3n) is 3.47. The molecule has 0 saturated heterocycles. The van der Waals surface area contributed by atoms with Gasteiger partial charge in [-0.15, -0.1) is 0 Å². The van der Waals surface area contributed by atoms with Gasteiger partial charge in [0.25, 0.3) is 0 Å². The zero-order chi connectivity index (χ0) is 15.5. The molecule has 2 aromatic rings. The van der Waals surface area contributed by atoms with Crippen LogP contribution in [-0.4, -0.2) is 7.11 Å². The molecule has 2 nitrogen and oxygen atoms in total. The van der Waals surface area contributed by atoms with Crippen LogP contribution in [0.3, 0.4) is 0 Å². The van der Waals surface area contributed by atoms with Crippen molar-refractivity contribution in [1.82, 2.24) is 0 Å². The average Bonchev–Trinajstić information content (AvgIpc) is 2.45. The fraction of sp³-hybridized carbons (Fsp3) is 0.333. The maximum Gasteiger partial charge on any atom is 0.144 e. The van der Waals surface area contributed by atoms with Crippen molar-refractivity contribution in [3.63, 3.8) is 0 Å². The van der Waals surface area contributed by atoms with Gasteiger partial charge in [-0.1, -0.05) is 45.0 Å². The van der Waals surface area contributed by atoms with Crippen molar-refractivity contribution >= 4 is 5.69 Å². The minimum Gasteiger partial charge on any atom is -0.494 e. The molecule has 0 aliphatic heterocycles. The molecule has 3 heteroatoms. The Bertz CT molecular complexity index is 600. The van der Waals surface area contributed by atoms with Gasteiger partial charge >= 0.3 is 0 Å². The maximum atomic E-state index is 13.1. The topological polar surface area (TPSA) is 21.3 Å². The molecule has 0 aliphatic carbocycles. The lowest BCUT2D eigenvalue weighted by atomic mass is 9.87. The Kier molecular flexibility index (Phi) is 4.51. The van der Waals surface area contributed by atoms with Crippen molar-refractivity contribution in [1.29, 1.82) is 0 Å².